The summed E-state index contributed by atoms with van der Waals surface area (Å²) in [5, 5.41) is 16.2. The predicted octanol–water partition coefficient (Wildman–Crippen LogP) is 8.04. The summed E-state index contributed by atoms with van der Waals surface area (Å²) in [4.78, 5) is 59.9. The van der Waals surface area contributed by atoms with E-state index in [0.717, 1.165) is 12.3 Å². The van der Waals surface area contributed by atoms with Gasteiger partial charge in [-0.15, -0.1) is 0 Å². The van der Waals surface area contributed by atoms with E-state index in [0.29, 0.717) is 18.4 Å². The molecule has 0 fully saturated rings. The van der Waals surface area contributed by atoms with E-state index in [1.807, 2.05) is 0 Å². The van der Waals surface area contributed by atoms with Gasteiger partial charge in [-0.3, -0.25) is 9.78 Å². The van der Waals surface area contributed by atoms with Gasteiger partial charge in [0.15, 0.2) is 29.6 Å². The Labute approximate surface area is 353 Å². The molecule has 0 N–H and O–H groups in total. The highest BCUT2D eigenvalue weighted by atomic mass is 19.4. The average molecular weight is 985 g/mol. The first kappa shape index (κ1) is 59.5. The molecule has 0 aliphatic heterocycles. The fraction of sp³-hybridized carbons (Fsp3) is 0.424. The van der Waals surface area contributed by atoms with Gasteiger partial charge in [-0.25, -0.2) is 63.7 Å². The van der Waals surface area contributed by atoms with Gasteiger partial charge in [0.05, 0.1) is 31.8 Å². The quantitative estimate of drug-likeness (QED) is 0.00882. The zero-order valence-corrected chi connectivity index (χ0v) is 32.2. The molecule has 370 valence electrons. The highest BCUT2D eigenvalue weighted by Gasteiger charge is 2.75. The number of hydrogen-bond acceptors (Lipinski definition) is 17. The van der Waals surface area contributed by atoms with Gasteiger partial charge in [-0.05, 0) is 16.5 Å². The van der Waals surface area contributed by atoms with Crippen molar-refractivity contribution in [1.29, 1.82) is 0 Å². The lowest BCUT2D eigenvalue weighted by atomic mass is 9.92. The van der Waals surface area contributed by atoms with Crippen molar-refractivity contribution in [3.8, 4) is 0 Å². The van der Waals surface area contributed by atoms with Crippen LogP contribution >= 0.6 is 0 Å². The largest absolute Gasteiger partial charge is 0.497 e. The highest BCUT2D eigenvalue weighted by molar-refractivity contribution is 5.81. The maximum absolute atomic E-state index is 15.3. The van der Waals surface area contributed by atoms with E-state index in [9.17, 15) is 75.8 Å². The molecule has 0 aromatic carbocycles. The van der Waals surface area contributed by atoms with Crippen LogP contribution in [0.5, 0.6) is 0 Å². The number of hydrogen-bond donors (Lipinski definition) is 0. The third kappa shape index (κ3) is 20.1. The molecule has 0 bridgehead atoms. The number of carbonyl (C=O) groups is 3. The number of halogens is 15. The summed E-state index contributed by atoms with van der Waals surface area (Å²) in [5.74, 6) is -46.3. The zero-order chi connectivity index (χ0) is 49.9. The van der Waals surface area contributed by atoms with E-state index in [2.05, 4.69) is 78.7 Å². The van der Waals surface area contributed by atoms with E-state index < -0.39 is 141 Å². The van der Waals surface area contributed by atoms with Crippen molar-refractivity contribution in [2.75, 3.05) is 59.5 Å². The molecule has 65 heavy (non-hydrogen) atoms. The summed E-state index contributed by atoms with van der Waals surface area (Å²) < 4.78 is 225. The summed E-state index contributed by atoms with van der Waals surface area (Å²) in [7, 11) is 0. The third-order valence-electron chi connectivity index (χ3n) is 6.39. The van der Waals surface area contributed by atoms with Gasteiger partial charge in [0.2, 0.25) is 23.3 Å². The first-order valence-corrected chi connectivity index (χ1v) is 16.5. The first-order chi connectivity index (χ1) is 30.4. The molecular weight excluding hydrogens is 953 g/mol. The van der Waals surface area contributed by atoms with E-state index in [1.54, 1.807) is 0 Å². The Bertz CT molecular complexity index is 1720. The van der Waals surface area contributed by atoms with Gasteiger partial charge >= 0.3 is 35.9 Å². The van der Waals surface area contributed by atoms with E-state index in [1.165, 1.54) is 0 Å². The lowest BCUT2D eigenvalue weighted by molar-refractivity contribution is -0.629. The first-order valence-electron chi connectivity index (χ1n) is 16.5. The molecule has 0 saturated carbocycles. The second-order valence-corrected chi connectivity index (χ2v) is 11.0. The van der Waals surface area contributed by atoms with Crippen molar-refractivity contribution in [1.82, 2.24) is 0 Å². The smallest absolute Gasteiger partial charge is 0.460 e. The van der Waals surface area contributed by atoms with Crippen molar-refractivity contribution in [3.63, 3.8) is 0 Å². The Balaban J connectivity index is 6.45. The minimum absolute atomic E-state index is 0.305. The lowest BCUT2D eigenvalue weighted by Gasteiger charge is -2.33. The van der Waals surface area contributed by atoms with Crippen LogP contribution in [0.15, 0.2) is 97.1 Å². The van der Waals surface area contributed by atoms with Crippen LogP contribution in [0, 0.1) is 5.41 Å². The molecule has 1 unspecified atom stereocenters. The predicted molar refractivity (Wildman–Crippen MR) is 174 cm³/mol. The molecule has 0 heterocycles. The molecule has 0 aliphatic carbocycles. The Kier molecular flexibility index (Phi) is 27.3. The normalized spacial score (nSPS) is 14.8. The van der Waals surface area contributed by atoms with Crippen molar-refractivity contribution in [3.05, 3.63) is 97.1 Å². The van der Waals surface area contributed by atoms with Crippen LogP contribution in [0.25, 0.3) is 0 Å². The number of ether oxygens (including phenoxy) is 4. The summed E-state index contributed by atoms with van der Waals surface area (Å²) >= 11 is 0. The Morgan fingerprint density at radius 3 is 1.54 bits per heavy atom. The van der Waals surface area contributed by atoms with Gasteiger partial charge < -0.3 is 23.8 Å². The number of rotatable bonds is 34. The van der Waals surface area contributed by atoms with Crippen LogP contribution in [-0.4, -0.2) is 95.4 Å². The molecular formula is C33H31F15O17. The molecule has 0 aromatic heterocycles. The molecule has 0 amide bonds. The van der Waals surface area contributed by atoms with Crippen LogP contribution in [0.1, 0.15) is 6.42 Å². The Hall–Kier alpha value is -5.48. The van der Waals surface area contributed by atoms with Crippen LogP contribution in [0.3, 0.4) is 0 Å². The number of alkyl halides is 7. The van der Waals surface area contributed by atoms with Crippen molar-refractivity contribution < 1.29 is 149 Å². The summed E-state index contributed by atoms with van der Waals surface area (Å²) in [6, 6.07) is 0. The number of allylic oxidation sites excluding steroid dienone is 7. The van der Waals surface area contributed by atoms with Gasteiger partial charge in [0.25, 0.3) is 0 Å². The molecule has 0 aliphatic rings. The van der Waals surface area contributed by atoms with Crippen LogP contribution in [0.2, 0.25) is 0 Å². The SMILES string of the molecule is C=CC(=O)OCCOO/C=C\OCC(COCCCOC(F)(/C(F)=C(F)/C(F)=C(F)/C(F)=C(F)/C(F)=C(\F)CF)C(F)(F)C(F)(F)F)(COOOOC(=O)C=C)COOOOC(=O)C=C. The van der Waals surface area contributed by atoms with Gasteiger partial charge in [0, 0.05) is 34.9 Å². The molecule has 0 spiro atoms. The second-order valence-electron chi connectivity index (χ2n) is 11.0. The van der Waals surface area contributed by atoms with Gasteiger partial charge in [-0.2, -0.15) is 31.2 Å². The molecule has 0 rings (SSSR count). The fourth-order valence-electron chi connectivity index (χ4n) is 3.30. The van der Waals surface area contributed by atoms with Gasteiger partial charge in [0.1, 0.15) is 32.8 Å². The molecule has 0 aromatic rings. The average Bonchev–Trinajstić information content (AvgIpc) is 3.28. The minimum atomic E-state index is -7.25. The number of esters is 1. The summed E-state index contributed by atoms with van der Waals surface area (Å²) in [6.45, 7) is -0.478. The highest BCUT2D eigenvalue weighted by Crippen LogP contribution is 2.51. The topological polar surface area (TPSA) is 180 Å². The van der Waals surface area contributed by atoms with Crippen LogP contribution in [-0.2, 0) is 82.8 Å². The van der Waals surface area contributed by atoms with Crippen molar-refractivity contribution >= 4 is 17.9 Å². The molecule has 32 heteroatoms. The standard InChI is InChI=1S/C33H31F15O17/c1-4-20(49)54-11-13-57-56-12-10-53-16-30(17-58-62-64-60-21(50)5-2,18-59-63-65-61-22(51)6-3)15-52-8-7-9-55-31(43,32(44,45)33(46,47)48)29(42)28(41)27(40)26(39)25(38)24(37)23(36)19(35)14-34/h4-6,10,12H,1-3,7-9,11,13-18H2/b12-10-,23-19+,25-24+,27-26+,29-28+. The Morgan fingerprint density at radius 1 is 0.538 bits per heavy atom. The van der Waals surface area contributed by atoms with E-state index in [4.69, 9.17) is 9.47 Å². The summed E-state index contributed by atoms with van der Waals surface area (Å²) in [6.07, 6.45) is -4.90. The molecule has 0 radical (unpaired) electrons. The van der Waals surface area contributed by atoms with Crippen molar-refractivity contribution in [2.45, 2.75) is 24.4 Å². The van der Waals surface area contributed by atoms with Crippen LogP contribution < -0.4 is 0 Å². The third-order valence-corrected chi connectivity index (χ3v) is 6.39. The molecule has 1 atom stereocenters. The maximum Gasteiger partial charge on any atom is 0.460 e. The summed E-state index contributed by atoms with van der Waals surface area (Å²) in [5.41, 5.74) is -1.96. The minimum Gasteiger partial charge on any atom is -0.497 e. The lowest BCUT2D eigenvalue weighted by Crippen LogP contribution is -2.56. The molecule has 0 saturated heterocycles. The van der Waals surface area contributed by atoms with E-state index in [-0.39, 0.29) is 13.2 Å². The fourth-order valence-corrected chi connectivity index (χ4v) is 3.30. The zero-order valence-electron chi connectivity index (χ0n) is 32.2. The monoisotopic (exact) mass is 984 g/mol. The Morgan fingerprint density at radius 2 is 1.05 bits per heavy atom. The number of carbonyl (C=O) groups excluding carboxylic acids is 3. The van der Waals surface area contributed by atoms with E-state index >= 15 is 4.39 Å². The van der Waals surface area contributed by atoms with Crippen LogP contribution in [0.4, 0.5) is 65.9 Å². The second kappa shape index (κ2) is 29.9. The van der Waals surface area contributed by atoms with Gasteiger partial charge in [-0.1, -0.05) is 19.7 Å². The molecule has 17 nitrogen and oxygen atoms in total. The maximum atomic E-state index is 15.3. The van der Waals surface area contributed by atoms with Crippen molar-refractivity contribution in [2.24, 2.45) is 5.41 Å².